The SMILES string of the molecule is CCc1nc2n(n1)C[C@H](NCc1c(C)noc1C)CC2. The van der Waals surface area contributed by atoms with Gasteiger partial charge in [-0.15, -0.1) is 0 Å². The van der Waals surface area contributed by atoms with Gasteiger partial charge in [0.2, 0.25) is 0 Å². The summed E-state index contributed by atoms with van der Waals surface area (Å²) < 4.78 is 7.24. The Morgan fingerprint density at radius 2 is 2.25 bits per heavy atom. The van der Waals surface area contributed by atoms with Gasteiger partial charge in [-0.25, -0.2) is 9.67 Å². The van der Waals surface area contributed by atoms with Gasteiger partial charge in [-0.1, -0.05) is 12.1 Å². The van der Waals surface area contributed by atoms with Crippen molar-refractivity contribution in [2.24, 2.45) is 0 Å². The van der Waals surface area contributed by atoms with E-state index in [1.54, 1.807) is 0 Å². The van der Waals surface area contributed by atoms with Gasteiger partial charge < -0.3 is 9.84 Å². The van der Waals surface area contributed by atoms with Gasteiger partial charge in [0, 0.05) is 31.0 Å². The number of aromatic nitrogens is 4. The lowest BCUT2D eigenvalue weighted by Crippen LogP contribution is -2.37. The first-order chi connectivity index (χ1) is 9.67. The number of aryl methyl sites for hydroxylation is 4. The molecule has 6 nitrogen and oxygen atoms in total. The fraction of sp³-hybridized carbons (Fsp3) is 0.643. The van der Waals surface area contributed by atoms with Crippen LogP contribution in [0.3, 0.4) is 0 Å². The topological polar surface area (TPSA) is 68.8 Å². The molecule has 0 saturated carbocycles. The molecule has 3 rings (SSSR count). The molecule has 0 aromatic carbocycles. The van der Waals surface area contributed by atoms with Crippen molar-refractivity contribution in [1.82, 2.24) is 25.2 Å². The minimum atomic E-state index is 0.433. The number of hydrogen-bond acceptors (Lipinski definition) is 5. The number of fused-ring (bicyclic) bond motifs is 1. The summed E-state index contributed by atoms with van der Waals surface area (Å²) in [5.41, 5.74) is 2.14. The predicted molar refractivity (Wildman–Crippen MR) is 74.3 cm³/mol. The minimum absolute atomic E-state index is 0.433. The smallest absolute Gasteiger partial charge is 0.150 e. The Hall–Kier alpha value is -1.69. The van der Waals surface area contributed by atoms with E-state index in [1.165, 1.54) is 5.56 Å². The van der Waals surface area contributed by atoms with Gasteiger partial charge in [-0.2, -0.15) is 5.10 Å². The Bertz CT molecular complexity index is 581. The molecule has 1 N–H and O–H groups in total. The Morgan fingerprint density at radius 3 is 2.95 bits per heavy atom. The van der Waals surface area contributed by atoms with Crippen molar-refractivity contribution in [2.45, 2.75) is 59.2 Å². The van der Waals surface area contributed by atoms with Crippen molar-refractivity contribution >= 4 is 0 Å². The third kappa shape index (κ3) is 2.47. The molecule has 1 aliphatic heterocycles. The molecule has 0 fully saturated rings. The standard InChI is InChI=1S/C14H21N5O/c1-4-13-16-14-6-5-11(8-19(14)17-13)15-7-12-9(2)18-20-10(12)3/h11,15H,4-8H2,1-3H3/t11-/m1/s1. The zero-order valence-electron chi connectivity index (χ0n) is 12.3. The second-order valence-electron chi connectivity index (χ2n) is 5.40. The molecule has 6 heteroatoms. The van der Waals surface area contributed by atoms with Crippen LogP contribution in [0.2, 0.25) is 0 Å². The predicted octanol–water partition coefficient (Wildman–Crippen LogP) is 1.55. The monoisotopic (exact) mass is 275 g/mol. The minimum Gasteiger partial charge on any atom is -0.361 e. The van der Waals surface area contributed by atoms with Crippen LogP contribution in [-0.2, 0) is 25.9 Å². The molecule has 0 radical (unpaired) electrons. The third-order valence-corrected chi connectivity index (χ3v) is 3.97. The number of rotatable bonds is 4. The number of nitrogens with one attached hydrogen (secondary N) is 1. The molecule has 0 aliphatic carbocycles. The molecule has 108 valence electrons. The second-order valence-corrected chi connectivity index (χ2v) is 5.40. The molecule has 0 unspecified atom stereocenters. The van der Waals surface area contributed by atoms with Crippen LogP contribution in [0.5, 0.6) is 0 Å². The van der Waals surface area contributed by atoms with E-state index in [1.807, 2.05) is 18.5 Å². The summed E-state index contributed by atoms with van der Waals surface area (Å²) in [5.74, 6) is 2.98. The van der Waals surface area contributed by atoms with Crippen LogP contribution in [0.25, 0.3) is 0 Å². The summed E-state index contributed by atoms with van der Waals surface area (Å²) in [5, 5.41) is 12.1. The van der Waals surface area contributed by atoms with Crippen LogP contribution in [0.4, 0.5) is 0 Å². The highest BCUT2D eigenvalue weighted by atomic mass is 16.5. The maximum absolute atomic E-state index is 5.19. The van der Waals surface area contributed by atoms with E-state index in [-0.39, 0.29) is 0 Å². The van der Waals surface area contributed by atoms with Crippen molar-refractivity contribution in [1.29, 1.82) is 0 Å². The molecular formula is C14H21N5O. The quantitative estimate of drug-likeness (QED) is 0.917. The van der Waals surface area contributed by atoms with Crippen molar-refractivity contribution in [2.75, 3.05) is 0 Å². The van der Waals surface area contributed by atoms with Crippen LogP contribution in [0, 0.1) is 13.8 Å². The van der Waals surface area contributed by atoms with Crippen LogP contribution < -0.4 is 5.32 Å². The third-order valence-electron chi connectivity index (χ3n) is 3.97. The lowest BCUT2D eigenvalue weighted by atomic mass is 10.1. The molecule has 0 spiro atoms. The lowest BCUT2D eigenvalue weighted by Gasteiger charge is -2.23. The fourth-order valence-corrected chi connectivity index (χ4v) is 2.68. The zero-order chi connectivity index (χ0) is 14.1. The van der Waals surface area contributed by atoms with Gasteiger partial charge in [0.15, 0.2) is 5.82 Å². The zero-order valence-corrected chi connectivity index (χ0v) is 12.3. The van der Waals surface area contributed by atoms with E-state index in [4.69, 9.17) is 4.52 Å². The van der Waals surface area contributed by atoms with E-state index in [9.17, 15) is 0 Å². The second kappa shape index (κ2) is 5.36. The molecule has 2 aromatic rings. The Balaban J connectivity index is 1.63. The first-order valence-corrected chi connectivity index (χ1v) is 7.25. The van der Waals surface area contributed by atoms with Crippen LogP contribution in [0.1, 0.15) is 42.0 Å². The van der Waals surface area contributed by atoms with Gasteiger partial charge in [-0.05, 0) is 20.3 Å². The maximum Gasteiger partial charge on any atom is 0.150 e. The van der Waals surface area contributed by atoms with Crippen molar-refractivity contribution in [3.05, 3.63) is 28.7 Å². The Kier molecular flexibility index (Phi) is 3.56. The average Bonchev–Trinajstić information content (AvgIpc) is 3.00. The Morgan fingerprint density at radius 1 is 1.40 bits per heavy atom. The van der Waals surface area contributed by atoms with Gasteiger partial charge in [0.25, 0.3) is 0 Å². The Labute approximate surface area is 118 Å². The van der Waals surface area contributed by atoms with Gasteiger partial charge in [0.1, 0.15) is 11.6 Å². The maximum atomic E-state index is 5.19. The van der Waals surface area contributed by atoms with Crippen LogP contribution >= 0.6 is 0 Å². The highest BCUT2D eigenvalue weighted by molar-refractivity contribution is 5.20. The van der Waals surface area contributed by atoms with Gasteiger partial charge in [0.05, 0.1) is 12.2 Å². The van der Waals surface area contributed by atoms with Crippen LogP contribution in [0.15, 0.2) is 4.52 Å². The average molecular weight is 275 g/mol. The largest absolute Gasteiger partial charge is 0.361 e. The highest BCUT2D eigenvalue weighted by Gasteiger charge is 2.21. The van der Waals surface area contributed by atoms with E-state index in [2.05, 4.69) is 27.5 Å². The van der Waals surface area contributed by atoms with Gasteiger partial charge in [-0.3, -0.25) is 0 Å². The van der Waals surface area contributed by atoms with E-state index in [0.717, 1.165) is 55.5 Å². The van der Waals surface area contributed by atoms with E-state index < -0.39 is 0 Å². The van der Waals surface area contributed by atoms with E-state index in [0.29, 0.717) is 6.04 Å². The first kappa shape index (κ1) is 13.3. The first-order valence-electron chi connectivity index (χ1n) is 7.25. The normalized spacial score (nSPS) is 18.2. The van der Waals surface area contributed by atoms with Crippen LogP contribution in [-0.4, -0.2) is 26.0 Å². The molecule has 0 bridgehead atoms. The molecule has 20 heavy (non-hydrogen) atoms. The molecule has 2 aromatic heterocycles. The molecular weight excluding hydrogens is 254 g/mol. The molecule has 1 aliphatic rings. The highest BCUT2D eigenvalue weighted by Crippen LogP contribution is 2.16. The molecule has 0 saturated heterocycles. The summed E-state index contributed by atoms with van der Waals surface area (Å²) in [6.45, 7) is 7.73. The summed E-state index contributed by atoms with van der Waals surface area (Å²) in [6.07, 6.45) is 2.99. The number of nitrogens with zero attached hydrogens (tertiary/aromatic N) is 4. The number of hydrogen-bond donors (Lipinski definition) is 1. The van der Waals surface area contributed by atoms with Crippen molar-refractivity contribution < 1.29 is 4.52 Å². The van der Waals surface area contributed by atoms with E-state index >= 15 is 0 Å². The summed E-state index contributed by atoms with van der Waals surface area (Å²) in [7, 11) is 0. The molecule has 0 amide bonds. The lowest BCUT2D eigenvalue weighted by molar-refractivity contribution is 0.355. The summed E-state index contributed by atoms with van der Waals surface area (Å²) in [6, 6.07) is 0.433. The fourth-order valence-electron chi connectivity index (χ4n) is 2.68. The van der Waals surface area contributed by atoms with Crippen molar-refractivity contribution in [3.63, 3.8) is 0 Å². The molecule has 3 heterocycles. The summed E-state index contributed by atoms with van der Waals surface area (Å²) in [4.78, 5) is 4.54. The molecule has 1 atom stereocenters. The van der Waals surface area contributed by atoms with Crippen molar-refractivity contribution in [3.8, 4) is 0 Å². The van der Waals surface area contributed by atoms with Gasteiger partial charge >= 0.3 is 0 Å². The summed E-state index contributed by atoms with van der Waals surface area (Å²) >= 11 is 0.